The Morgan fingerprint density at radius 2 is 1.95 bits per heavy atom. The van der Waals surface area contributed by atoms with Crippen molar-refractivity contribution in [3.8, 4) is 11.5 Å². The van der Waals surface area contributed by atoms with Crippen molar-refractivity contribution in [3.05, 3.63) is 23.8 Å². The van der Waals surface area contributed by atoms with Crippen molar-refractivity contribution >= 4 is 6.21 Å². The highest BCUT2D eigenvalue weighted by Crippen LogP contribution is 2.30. The lowest BCUT2D eigenvalue weighted by Crippen LogP contribution is -2.11. The molecule has 1 aromatic rings. The zero-order chi connectivity index (χ0) is 15.4. The number of hydrogen-bond donors (Lipinski definition) is 2. The highest BCUT2D eigenvalue weighted by atomic mass is 16.5. The number of nitrogens with two attached hydrogens (primary N) is 1. The zero-order valence-electron chi connectivity index (χ0n) is 12.5. The topological polar surface area (TPSA) is 86.3 Å². The molecule has 0 aliphatic heterocycles. The van der Waals surface area contributed by atoms with E-state index in [-0.39, 0.29) is 6.04 Å². The third-order valence-electron chi connectivity index (χ3n) is 2.36. The fourth-order valence-electron chi connectivity index (χ4n) is 1.49. The number of ether oxygens (including phenoxy) is 3. The van der Waals surface area contributed by atoms with Crippen molar-refractivity contribution in [3.63, 3.8) is 0 Å². The van der Waals surface area contributed by atoms with Crippen molar-refractivity contribution in [2.24, 2.45) is 10.9 Å². The van der Waals surface area contributed by atoms with Crippen LogP contribution in [0.5, 0.6) is 11.5 Å². The molecular weight excluding hydrogens is 260 g/mol. The molecule has 0 heterocycles. The summed E-state index contributed by atoms with van der Waals surface area (Å²) in [4.78, 5) is 0. The molecule has 1 aromatic carbocycles. The fourth-order valence-corrected chi connectivity index (χ4v) is 1.49. The minimum atomic E-state index is -0.226. The van der Waals surface area contributed by atoms with Gasteiger partial charge in [-0.2, -0.15) is 0 Å². The zero-order valence-corrected chi connectivity index (χ0v) is 12.5. The number of hydrogen-bond acceptors (Lipinski definition) is 6. The lowest BCUT2D eigenvalue weighted by molar-refractivity contribution is 0.277. The van der Waals surface area contributed by atoms with Crippen molar-refractivity contribution in [1.82, 2.24) is 0 Å². The highest BCUT2D eigenvalue weighted by Gasteiger charge is 2.10. The van der Waals surface area contributed by atoms with Crippen molar-refractivity contribution in [1.29, 1.82) is 0 Å². The third kappa shape index (κ3) is 6.40. The maximum Gasteiger partial charge on any atom is 0.161 e. The predicted octanol–water partition coefficient (Wildman–Crippen LogP) is 2.21. The van der Waals surface area contributed by atoms with Gasteiger partial charge < -0.3 is 25.2 Å². The van der Waals surface area contributed by atoms with E-state index in [1.807, 2.05) is 25.1 Å². The number of methoxy groups -OCH3 is 2. The predicted molar refractivity (Wildman–Crippen MR) is 78.9 cm³/mol. The van der Waals surface area contributed by atoms with Gasteiger partial charge in [0.05, 0.1) is 13.7 Å². The molecule has 0 radical (unpaired) electrons. The van der Waals surface area contributed by atoms with Gasteiger partial charge in [0.25, 0.3) is 0 Å². The van der Waals surface area contributed by atoms with Gasteiger partial charge in [-0.05, 0) is 24.6 Å². The van der Waals surface area contributed by atoms with Gasteiger partial charge in [0.2, 0.25) is 0 Å². The second-order valence-electron chi connectivity index (χ2n) is 3.89. The number of benzene rings is 1. The van der Waals surface area contributed by atoms with Gasteiger partial charge in [-0.25, -0.2) is 0 Å². The molecule has 6 nitrogen and oxygen atoms in total. The van der Waals surface area contributed by atoms with Crippen molar-refractivity contribution in [2.45, 2.75) is 19.4 Å². The summed E-state index contributed by atoms with van der Waals surface area (Å²) in [6, 6.07) is 5.31. The van der Waals surface area contributed by atoms with Crippen molar-refractivity contribution < 1.29 is 19.4 Å². The first kappa shape index (κ1) is 18.2. The molecule has 3 N–H and O–H groups in total. The summed E-state index contributed by atoms with van der Waals surface area (Å²) in [6.45, 7) is 2.47. The molecule has 0 aliphatic carbocycles. The third-order valence-corrected chi connectivity index (χ3v) is 2.36. The second kappa shape index (κ2) is 11.1. The van der Waals surface area contributed by atoms with E-state index in [0.717, 1.165) is 5.56 Å². The van der Waals surface area contributed by atoms with Crippen LogP contribution in [0.1, 0.15) is 24.9 Å². The molecule has 1 rings (SSSR count). The van der Waals surface area contributed by atoms with Crippen LogP contribution in [0, 0.1) is 0 Å². The Hall–Kier alpha value is -1.79. The Balaban J connectivity index is 0.00000110. The van der Waals surface area contributed by atoms with Gasteiger partial charge in [0.15, 0.2) is 11.5 Å². The van der Waals surface area contributed by atoms with Gasteiger partial charge in [0, 0.05) is 32.9 Å². The lowest BCUT2D eigenvalue weighted by Gasteiger charge is -2.14. The Morgan fingerprint density at radius 3 is 2.45 bits per heavy atom. The van der Waals surface area contributed by atoms with Gasteiger partial charge in [-0.1, -0.05) is 6.07 Å². The Bertz CT molecular complexity index is 397. The summed E-state index contributed by atoms with van der Waals surface area (Å²) in [7, 11) is 4.84. The number of oxime groups is 1. The molecule has 0 saturated heterocycles. The van der Waals surface area contributed by atoms with Gasteiger partial charge >= 0.3 is 0 Å². The maximum atomic E-state index is 8.35. The largest absolute Gasteiger partial charge is 0.493 e. The van der Waals surface area contributed by atoms with E-state index >= 15 is 0 Å². The summed E-state index contributed by atoms with van der Waals surface area (Å²) in [6.07, 6.45) is 1.84. The summed E-state index contributed by atoms with van der Waals surface area (Å²) >= 11 is 0. The second-order valence-corrected chi connectivity index (χ2v) is 3.89. The molecule has 1 atom stereocenters. The molecule has 1 unspecified atom stereocenters. The molecule has 20 heavy (non-hydrogen) atoms. The average molecular weight is 284 g/mol. The quantitative estimate of drug-likeness (QED) is 0.475. The van der Waals surface area contributed by atoms with Gasteiger partial charge in [-0.3, -0.25) is 0 Å². The molecule has 0 bridgehead atoms. The van der Waals surface area contributed by atoms with E-state index in [2.05, 4.69) is 9.89 Å². The monoisotopic (exact) mass is 284 g/mol. The standard InChI is InChI=1S/C12H18N2O3.C2H6O/c1-3-17-12-8-9(4-5-11(12)16-2)10(13)6-7-14-15;1-3-2/h4-5,7-8,10,15H,3,6,13H2,1-2H3;1-2H3. The van der Waals surface area contributed by atoms with Crippen LogP contribution in [0.15, 0.2) is 23.4 Å². The minimum absolute atomic E-state index is 0.226. The van der Waals surface area contributed by atoms with E-state index < -0.39 is 0 Å². The summed E-state index contributed by atoms with van der Waals surface area (Å²) in [5, 5.41) is 11.3. The maximum absolute atomic E-state index is 8.35. The minimum Gasteiger partial charge on any atom is -0.493 e. The van der Waals surface area contributed by atoms with Crippen LogP contribution < -0.4 is 15.2 Å². The fraction of sp³-hybridized carbons (Fsp3) is 0.500. The van der Waals surface area contributed by atoms with Crippen LogP contribution in [-0.4, -0.2) is 39.4 Å². The summed E-state index contributed by atoms with van der Waals surface area (Å²) in [5.41, 5.74) is 6.85. The van der Waals surface area contributed by atoms with E-state index in [4.69, 9.17) is 20.4 Å². The molecule has 6 heteroatoms. The van der Waals surface area contributed by atoms with Gasteiger partial charge in [-0.15, -0.1) is 5.16 Å². The SMILES string of the molecule is CCOc1cc(C(N)CC=NO)ccc1OC.COC. The summed E-state index contributed by atoms with van der Waals surface area (Å²) in [5.74, 6) is 1.35. The van der Waals surface area contributed by atoms with E-state index in [1.165, 1.54) is 6.21 Å². The van der Waals surface area contributed by atoms with Crippen LogP contribution in [0.3, 0.4) is 0 Å². The van der Waals surface area contributed by atoms with Crippen LogP contribution in [0.2, 0.25) is 0 Å². The Kier molecular flexibility index (Phi) is 10.1. The number of nitrogens with zero attached hydrogens (tertiary/aromatic N) is 1. The smallest absolute Gasteiger partial charge is 0.161 e. The Labute approximate surface area is 120 Å². The molecule has 0 saturated carbocycles. The molecule has 0 aromatic heterocycles. The Morgan fingerprint density at radius 1 is 1.30 bits per heavy atom. The normalized spacial score (nSPS) is 11.7. The molecule has 0 aliphatic rings. The lowest BCUT2D eigenvalue weighted by atomic mass is 10.0. The number of rotatable bonds is 6. The van der Waals surface area contributed by atoms with Crippen LogP contribution in [-0.2, 0) is 4.74 Å². The van der Waals surface area contributed by atoms with E-state index in [1.54, 1.807) is 21.3 Å². The first-order valence-electron chi connectivity index (χ1n) is 6.26. The van der Waals surface area contributed by atoms with Crippen LogP contribution in [0.4, 0.5) is 0 Å². The molecule has 0 spiro atoms. The van der Waals surface area contributed by atoms with Crippen LogP contribution >= 0.6 is 0 Å². The van der Waals surface area contributed by atoms with Crippen molar-refractivity contribution in [2.75, 3.05) is 27.9 Å². The molecule has 114 valence electrons. The van der Waals surface area contributed by atoms with Gasteiger partial charge in [0.1, 0.15) is 0 Å². The van der Waals surface area contributed by atoms with E-state index in [0.29, 0.717) is 24.5 Å². The average Bonchev–Trinajstić information content (AvgIpc) is 2.46. The van der Waals surface area contributed by atoms with E-state index in [9.17, 15) is 0 Å². The van der Waals surface area contributed by atoms with Crippen LogP contribution in [0.25, 0.3) is 0 Å². The highest BCUT2D eigenvalue weighted by molar-refractivity contribution is 5.58. The first-order chi connectivity index (χ1) is 9.64. The summed E-state index contributed by atoms with van der Waals surface area (Å²) < 4.78 is 14.9. The molecular formula is C14H24N2O4. The molecule has 0 amide bonds. The first-order valence-corrected chi connectivity index (χ1v) is 6.26. The molecule has 0 fully saturated rings.